The molecule has 16 heavy (non-hydrogen) atoms. The summed E-state index contributed by atoms with van der Waals surface area (Å²) in [5, 5.41) is 0. The number of imidazole rings is 1. The van der Waals surface area contributed by atoms with Crippen LogP contribution >= 0.6 is 0 Å². The molecule has 84 valence electrons. The van der Waals surface area contributed by atoms with Crippen LogP contribution in [0.2, 0.25) is 0 Å². The van der Waals surface area contributed by atoms with Gasteiger partial charge in [-0.1, -0.05) is 0 Å². The van der Waals surface area contributed by atoms with E-state index < -0.39 is 0 Å². The van der Waals surface area contributed by atoms with E-state index in [1.165, 1.54) is 6.33 Å². The number of aromatic nitrogens is 4. The molecular weight excluding hydrogens is 204 g/mol. The average Bonchev–Trinajstić information content (AvgIpc) is 2.84. The SMILES string of the molecule is Nc1ncnc2c1ncn2C1CC[C@@H](N)C1. The van der Waals surface area contributed by atoms with Crippen molar-refractivity contribution in [1.29, 1.82) is 0 Å². The van der Waals surface area contributed by atoms with Crippen molar-refractivity contribution in [3.8, 4) is 0 Å². The number of anilines is 1. The van der Waals surface area contributed by atoms with E-state index in [0.717, 1.165) is 24.9 Å². The summed E-state index contributed by atoms with van der Waals surface area (Å²) in [6, 6.07) is 0.691. The number of rotatable bonds is 1. The van der Waals surface area contributed by atoms with Crippen molar-refractivity contribution in [3.05, 3.63) is 12.7 Å². The lowest BCUT2D eigenvalue weighted by atomic mass is 10.2. The third-order valence-electron chi connectivity index (χ3n) is 3.23. The number of nitrogens with zero attached hydrogens (tertiary/aromatic N) is 4. The maximum Gasteiger partial charge on any atom is 0.165 e. The second kappa shape index (κ2) is 3.41. The Morgan fingerprint density at radius 2 is 2.12 bits per heavy atom. The van der Waals surface area contributed by atoms with Gasteiger partial charge in [-0.25, -0.2) is 15.0 Å². The molecule has 0 amide bonds. The summed E-state index contributed by atoms with van der Waals surface area (Å²) in [7, 11) is 0. The van der Waals surface area contributed by atoms with Gasteiger partial charge in [0.25, 0.3) is 0 Å². The summed E-state index contributed by atoms with van der Waals surface area (Å²) in [6.45, 7) is 0. The predicted octanol–water partition coefficient (Wildman–Crippen LogP) is 0.461. The third kappa shape index (κ3) is 1.34. The minimum absolute atomic E-state index is 0.293. The van der Waals surface area contributed by atoms with Crippen molar-refractivity contribution >= 4 is 17.0 Å². The Balaban J connectivity index is 2.08. The summed E-state index contributed by atoms with van der Waals surface area (Å²) < 4.78 is 2.07. The molecule has 0 radical (unpaired) electrons. The molecule has 2 heterocycles. The molecule has 1 aliphatic rings. The summed E-state index contributed by atoms with van der Waals surface area (Å²) in [6.07, 6.45) is 6.39. The molecule has 0 spiro atoms. The Morgan fingerprint density at radius 1 is 1.25 bits per heavy atom. The average molecular weight is 218 g/mol. The van der Waals surface area contributed by atoms with E-state index in [-0.39, 0.29) is 0 Å². The van der Waals surface area contributed by atoms with Crippen molar-refractivity contribution in [2.45, 2.75) is 31.3 Å². The minimum Gasteiger partial charge on any atom is -0.382 e. The number of hydrogen-bond acceptors (Lipinski definition) is 5. The first-order valence-corrected chi connectivity index (χ1v) is 5.44. The fraction of sp³-hybridized carbons (Fsp3) is 0.500. The molecule has 1 saturated carbocycles. The van der Waals surface area contributed by atoms with Gasteiger partial charge in [0.2, 0.25) is 0 Å². The van der Waals surface area contributed by atoms with Gasteiger partial charge < -0.3 is 16.0 Å². The maximum atomic E-state index is 5.91. The fourth-order valence-corrected chi connectivity index (χ4v) is 2.38. The number of nitrogen functional groups attached to an aromatic ring is 1. The Labute approximate surface area is 92.7 Å². The van der Waals surface area contributed by atoms with Gasteiger partial charge in [-0.3, -0.25) is 0 Å². The van der Waals surface area contributed by atoms with E-state index in [4.69, 9.17) is 11.5 Å². The van der Waals surface area contributed by atoms with Gasteiger partial charge in [-0.15, -0.1) is 0 Å². The Morgan fingerprint density at radius 3 is 2.88 bits per heavy atom. The van der Waals surface area contributed by atoms with Crippen LogP contribution in [0, 0.1) is 0 Å². The van der Waals surface area contributed by atoms with Gasteiger partial charge >= 0.3 is 0 Å². The Kier molecular flexibility index (Phi) is 2.03. The summed E-state index contributed by atoms with van der Waals surface area (Å²) >= 11 is 0. The van der Waals surface area contributed by atoms with Crippen LogP contribution in [-0.4, -0.2) is 25.6 Å². The van der Waals surface area contributed by atoms with Crippen molar-refractivity contribution in [2.24, 2.45) is 5.73 Å². The van der Waals surface area contributed by atoms with Crippen LogP contribution in [0.4, 0.5) is 5.82 Å². The molecule has 3 rings (SSSR count). The highest BCUT2D eigenvalue weighted by Gasteiger charge is 2.25. The van der Waals surface area contributed by atoms with Crippen molar-refractivity contribution in [1.82, 2.24) is 19.5 Å². The van der Waals surface area contributed by atoms with E-state index in [1.807, 2.05) is 0 Å². The highest BCUT2D eigenvalue weighted by atomic mass is 15.1. The van der Waals surface area contributed by atoms with Gasteiger partial charge in [0.05, 0.1) is 6.33 Å². The summed E-state index contributed by atoms with van der Waals surface area (Å²) in [5.74, 6) is 0.436. The molecule has 4 N–H and O–H groups in total. The lowest BCUT2D eigenvalue weighted by Gasteiger charge is -2.11. The highest BCUT2D eigenvalue weighted by Crippen LogP contribution is 2.31. The molecule has 6 nitrogen and oxygen atoms in total. The molecular formula is C10H14N6. The first-order chi connectivity index (χ1) is 7.75. The smallest absolute Gasteiger partial charge is 0.165 e. The first-order valence-electron chi connectivity index (χ1n) is 5.44. The molecule has 2 aromatic heterocycles. The highest BCUT2D eigenvalue weighted by molar-refractivity contribution is 5.81. The van der Waals surface area contributed by atoms with Crippen molar-refractivity contribution in [3.63, 3.8) is 0 Å². The Hall–Kier alpha value is -1.69. The largest absolute Gasteiger partial charge is 0.382 e. The van der Waals surface area contributed by atoms with Gasteiger partial charge in [0, 0.05) is 12.1 Å². The maximum absolute atomic E-state index is 5.91. The second-order valence-electron chi connectivity index (χ2n) is 4.31. The third-order valence-corrected chi connectivity index (χ3v) is 3.23. The van der Waals surface area contributed by atoms with E-state index in [1.54, 1.807) is 6.33 Å². The predicted molar refractivity (Wildman–Crippen MR) is 60.6 cm³/mol. The van der Waals surface area contributed by atoms with Crippen molar-refractivity contribution < 1.29 is 0 Å². The zero-order chi connectivity index (χ0) is 11.1. The van der Waals surface area contributed by atoms with Crippen LogP contribution in [0.25, 0.3) is 11.2 Å². The first kappa shape index (κ1) is 9.53. The van der Waals surface area contributed by atoms with E-state index in [2.05, 4.69) is 19.5 Å². The zero-order valence-electron chi connectivity index (χ0n) is 8.87. The van der Waals surface area contributed by atoms with Crippen LogP contribution in [-0.2, 0) is 0 Å². The lowest BCUT2D eigenvalue weighted by molar-refractivity contribution is 0.519. The van der Waals surface area contributed by atoms with Crippen LogP contribution in [0.3, 0.4) is 0 Å². The van der Waals surface area contributed by atoms with Gasteiger partial charge in [0.1, 0.15) is 11.8 Å². The normalized spacial score (nSPS) is 25.3. The second-order valence-corrected chi connectivity index (χ2v) is 4.31. The van der Waals surface area contributed by atoms with E-state index >= 15 is 0 Å². The van der Waals surface area contributed by atoms with Crippen LogP contribution in [0.1, 0.15) is 25.3 Å². The monoisotopic (exact) mass is 218 g/mol. The molecule has 0 saturated heterocycles. The molecule has 0 bridgehead atoms. The standard InChI is InChI=1S/C10H14N6/c11-6-1-2-7(3-6)16-5-15-8-9(12)13-4-14-10(8)16/h4-7H,1-3,11H2,(H2,12,13,14)/t6-,7?/m1/s1. The summed E-state index contributed by atoms with van der Waals surface area (Å²) in [5.41, 5.74) is 13.2. The minimum atomic E-state index is 0.293. The molecule has 1 fully saturated rings. The molecule has 0 aromatic carbocycles. The molecule has 2 aromatic rings. The number of nitrogens with two attached hydrogens (primary N) is 2. The fourth-order valence-electron chi connectivity index (χ4n) is 2.38. The van der Waals surface area contributed by atoms with E-state index in [0.29, 0.717) is 23.4 Å². The number of hydrogen-bond donors (Lipinski definition) is 2. The topological polar surface area (TPSA) is 95.6 Å². The lowest BCUT2D eigenvalue weighted by Crippen LogP contribution is -2.15. The van der Waals surface area contributed by atoms with Gasteiger partial charge in [0.15, 0.2) is 11.5 Å². The molecule has 2 atom stereocenters. The van der Waals surface area contributed by atoms with Crippen LogP contribution < -0.4 is 11.5 Å². The van der Waals surface area contributed by atoms with Gasteiger partial charge in [-0.2, -0.15) is 0 Å². The van der Waals surface area contributed by atoms with Crippen molar-refractivity contribution in [2.75, 3.05) is 5.73 Å². The molecule has 1 unspecified atom stereocenters. The quantitative estimate of drug-likeness (QED) is 0.725. The molecule has 0 aliphatic heterocycles. The molecule has 6 heteroatoms. The van der Waals surface area contributed by atoms with E-state index in [9.17, 15) is 0 Å². The summed E-state index contributed by atoms with van der Waals surface area (Å²) in [4.78, 5) is 12.4. The number of fused-ring (bicyclic) bond motifs is 1. The Bertz CT molecular complexity index is 519. The zero-order valence-corrected chi connectivity index (χ0v) is 8.87. The van der Waals surface area contributed by atoms with Crippen LogP contribution in [0.5, 0.6) is 0 Å². The molecule has 1 aliphatic carbocycles. The van der Waals surface area contributed by atoms with Crippen LogP contribution in [0.15, 0.2) is 12.7 Å². The van der Waals surface area contributed by atoms with Gasteiger partial charge in [-0.05, 0) is 19.3 Å².